The van der Waals surface area contributed by atoms with Gasteiger partial charge >= 0.3 is 29.8 Å². The first-order chi connectivity index (χ1) is 26.6. The summed E-state index contributed by atoms with van der Waals surface area (Å²) in [6.45, 7) is 2.17. The lowest BCUT2D eigenvalue weighted by Gasteiger charge is -2.49. The van der Waals surface area contributed by atoms with E-state index in [-0.39, 0.29) is 61.3 Å². The Morgan fingerprint density at radius 3 is 2.45 bits per heavy atom. The number of hydrogen-bond donors (Lipinski definition) is 5. The van der Waals surface area contributed by atoms with E-state index in [1.54, 1.807) is 0 Å². The van der Waals surface area contributed by atoms with Gasteiger partial charge in [0.25, 0.3) is 11.8 Å². The molecule has 2 aliphatic rings. The number of tetrazole rings is 1. The van der Waals surface area contributed by atoms with Crippen molar-refractivity contribution in [1.82, 2.24) is 40.5 Å². The quantitative estimate of drug-likeness (QED) is 0.0283. The highest BCUT2D eigenvalue weighted by molar-refractivity contribution is 8.01. The summed E-state index contributed by atoms with van der Waals surface area (Å²) in [5.74, 6) is -8.15. The molecule has 0 bridgehead atoms. The molecule has 2 aliphatic heterocycles. The summed E-state index contributed by atoms with van der Waals surface area (Å²) in [4.78, 5) is 97.1. The zero-order chi connectivity index (χ0) is 40.4. The Balaban J connectivity index is 1.21. The highest BCUT2D eigenvalue weighted by atomic mass is 32.2. The minimum atomic E-state index is -1.93. The minimum Gasteiger partial charge on any atom is -0.478 e. The number of aromatic nitrogens is 6. The Kier molecular flexibility index (Phi) is 11.1. The summed E-state index contributed by atoms with van der Waals surface area (Å²) >= 11 is 3.05. The molecule has 3 atom stereocenters. The average Bonchev–Trinajstić information content (AvgIpc) is 3.79. The normalized spacial score (nSPS) is 17.1. The van der Waals surface area contributed by atoms with Crippen LogP contribution in [0.3, 0.4) is 0 Å². The second kappa shape index (κ2) is 16.0. The van der Waals surface area contributed by atoms with Gasteiger partial charge in [0.1, 0.15) is 33.4 Å². The van der Waals surface area contributed by atoms with E-state index in [4.69, 9.17) is 20.0 Å². The summed E-state index contributed by atoms with van der Waals surface area (Å²) in [5.41, 5.74) is 4.53. The largest absolute Gasteiger partial charge is 0.478 e. The van der Waals surface area contributed by atoms with Crippen molar-refractivity contribution >= 4 is 93.0 Å². The fraction of sp³-hybridized carbons (Fsp3) is 0.233. The standard InChI is InChI=1S/C30H24N10O13S3/c1-10(41)51-16-4-3-12(5-17(16)52-11(2)42)22(29(49)50)53-36-19(15-9-56-30(31)32-15)24(43)33-20-25(44)39-21(28(47)48)13(8-55-26(20)39)7-54-18-6-14(27(45)46)23-34-37-38-40(23)35-18/h3-6,9,20,22,26H,7-8H2,1-2H3,(H2,31,32)(H,33,43)(H,45,46)(H,47,48)(H,49,50)/t20-,22?,26-/m1/s1. The Bertz CT molecular complexity index is 2400. The van der Waals surface area contributed by atoms with E-state index in [9.17, 15) is 48.9 Å². The van der Waals surface area contributed by atoms with Gasteiger partial charge in [-0.25, -0.2) is 19.4 Å². The van der Waals surface area contributed by atoms with E-state index in [2.05, 4.69) is 36.1 Å². The fourth-order valence-electron chi connectivity index (χ4n) is 5.23. The number of aliphatic carboxylic acids is 2. The van der Waals surface area contributed by atoms with Crippen LogP contribution in [0, 0.1) is 0 Å². The number of β-lactam (4-membered cyclic amide) rings is 1. The van der Waals surface area contributed by atoms with Crippen LogP contribution < -0.4 is 20.5 Å². The Labute approximate surface area is 323 Å². The first kappa shape index (κ1) is 39.0. The van der Waals surface area contributed by atoms with Gasteiger partial charge in [-0.05, 0) is 34.2 Å². The number of rotatable bonds is 14. The number of ether oxygens (including phenoxy) is 2. The zero-order valence-electron chi connectivity index (χ0n) is 28.3. The van der Waals surface area contributed by atoms with Gasteiger partial charge < -0.3 is 40.7 Å². The number of carboxylic acids is 3. The molecule has 0 spiro atoms. The molecule has 0 radical (unpaired) electrons. The number of nitrogens with two attached hydrogens (primary N) is 1. The number of thioether (sulfide) groups is 2. The average molecular weight is 829 g/mol. The maximum absolute atomic E-state index is 13.7. The van der Waals surface area contributed by atoms with Crippen LogP contribution in [-0.4, -0.2) is 121 Å². The highest BCUT2D eigenvalue weighted by Gasteiger charge is 2.54. The first-order valence-electron chi connectivity index (χ1n) is 15.5. The van der Waals surface area contributed by atoms with Gasteiger partial charge in [0.2, 0.25) is 11.8 Å². The van der Waals surface area contributed by atoms with Gasteiger partial charge in [-0.15, -0.1) is 37.9 Å². The number of thiazole rings is 1. The summed E-state index contributed by atoms with van der Waals surface area (Å²) in [7, 11) is 0. The third-order valence-corrected chi connectivity index (χ3v) is 10.5. The van der Waals surface area contributed by atoms with Gasteiger partial charge in [0.05, 0.1) is 0 Å². The number of hydrogen-bond acceptors (Lipinski definition) is 20. The molecule has 1 aromatic carbocycles. The van der Waals surface area contributed by atoms with Crippen molar-refractivity contribution in [3.05, 3.63) is 57.7 Å². The molecule has 4 aromatic rings. The van der Waals surface area contributed by atoms with E-state index in [1.165, 1.54) is 17.5 Å². The molecule has 0 saturated carbocycles. The second-order valence-electron chi connectivity index (χ2n) is 11.3. The number of amides is 2. The maximum Gasteiger partial charge on any atom is 0.352 e. The molecule has 1 unspecified atom stereocenters. The van der Waals surface area contributed by atoms with Crippen molar-refractivity contribution < 1.29 is 63.2 Å². The summed E-state index contributed by atoms with van der Waals surface area (Å²) in [6.07, 6.45) is -1.93. The van der Waals surface area contributed by atoms with Crippen LogP contribution in [0.5, 0.6) is 11.5 Å². The number of benzene rings is 1. The van der Waals surface area contributed by atoms with Gasteiger partial charge in [-0.3, -0.25) is 24.1 Å². The van der Waals surface area contributed by atoms with Crippen LogP contribution in [0.4, 0.5) is 5.13 Å². The van der Waals surface area contributed by atoms with Crippen molar-refractivity contribution in [3.8, 4) is 11.5 Å². The maximum atomic E-state index is 13.7. The topological polar surface area (TPSA) is 330 Å². The minimum absolute atomic E-state index is 0.00463. The third kappa shape index (κ3) is 8.05. The lowest BCUT2D eigenvalue weighted by molar-refractivity contribution is -0.151. The molecule has 0 aliphatic carbocycles. The van der Waals surface area contributed by atoms with E-state index >= 15 is 0 Å². The number of aromatic carboxylic acids is 1. The van der Waals surface area contributed by atoms with E-state index in [0.717, 1.165) is 70.4 Å². The van der Waals surface area contributed by atoms with Crippen molar-refractivity contribution in [3.63, 3.8) is 0 Å². The molecule has 6 rings (SSSR count). The van der Waals surface area contributed by atoms with Gasteiger partial charge in [0, 0.05) is 36.3 Å². The summed E-state index contributed by atoms with van der Waals surface area (Å²) in [6, 6.07) is 3.38. The number of nitrogens with zero attached hydrogens (tertiary/aromatic N) is 8. The van der Waals surface area contributed by atoms with Crippen LogP contribution in [0.2, 0.25) is 0 Å². The molecule has 1 fully saturated rings. The number of nitrogens with one attached hydrogen (secondary N) is 1. The molecular weight excluding hydrogens is 805 g/mol. The SMILES string of the molecule is CC(=O)Oc1ccc(C(ON=C(C(=O)N[C@@H]2C(=O)N3C(C(=O)O)=C(CSc4cc(C(=O)O)c5nnnn5n4)CS[C@H]23)c2csc(N)n2)C(=O)O)cc1OC(C)=O. The van der Waals surface area contributed by atoms with Crippen molar-refractivity contribution in [1.29, 1.82) is 0 Å². The predicted molar refractivity (Wildman–Crippen MR) is 190 cm³/mol. The molecule has 1 saturated heterocycles. The van der Waals surface area contributed by atoms with Crippen LogP contribution in [0.1, 0.15) is 41.6 Å². The monoisotopic (exact) mass is 828 g/mol. The third-order valence-electron chi connectivity index (χ3n) is 7.55. The van der Waals surface area contributed by atoms with E-state index < -0.39 is 64.9 Å². The van der Waals surface area contributed by atoms with Gasteiger partial charge in [-0.2, -0.15) is 0 Å². The first-order valence-corrected chi connectivity index (χ1v) is 18.4. The lowest BCUT2D eigenvalue weighted by Crippen LogP contribution is -2.71. The number of carboxylic acid groups (broad SMARTS) is 3. The van der Waals surface area contributed by atoms with Crippen molar-refractivity contribution in [2.24, 2.45) is 5.16 Å². The second-order valence-corrected chi connectivity index (χ2v) is 14.3. The number of esters is 2. The molecule has 23 nitrogen and oxygen atoms in total. The summed E-state index contributed by atoms with van der Waals surface area (Å²) < 4.78 is 11.0. The molecule has 56 heavy (non-hydrogen) atoms. The van der Waals surface area contributed by atoms with Gasteiger partial charge in [-0.1, -0.05) is 23.0 Å². The number of anilines is 1. The fourth-order valence-corrected chi connectivity index (χ4v) is 8.15. The van der Waals surface area contributed by atoms with Crippen molar-refractivity contribution in [2.75, 3.05) is 17.2 Å². The number of nitrogen functional groups attached to an aromatic ring is 1. The smallest absolute Gasteiger partial charge is 0.352 e. The molecular formula is C30H24N10O13S3. The Morgan fingerprint density at radius 1 is 1.07 bits per heavy atom. The Hall–Kier alpha value is -6.67. The van der Waals surface area contributed by atoms with Gasteiger partial charge in [0.15, 0.2) is 22.3 Å². The Morgan fingerprint density at radius 2 is 1.80 bits per heavy atom. The predicted octanol–water partition coefficient (Wildman–Crippen LogP) is 0.184. The van der Waals surface area contributed by atoms with Crippen LogP contribution in [0.15, 0.2) is 51.1 Å². The van der Waals surface area contributed by atoms with Crippen LogP contribution in [0.25, 0.3) is 5.65 Å². The molecule has 3 aromatic heterocycles. The zero-order valence-corrected chi connectivity index (χ0v) is 30.8. The van der Waals surface area contributed by atoms with Crippen LogP contribution >= 0.6 is 34.9 Å². The molecule has 26 heteroatoms. The molecule has 6 N–H and O–H groups in total. The van der Waals surface area contributed by atoms with E-state index in [0.29, 0.717) is 5.57 Å². The number of oxime groups is 1. The molecule has 5 heterocycles. The summed E-state index contributed by atoms with van der Waals surface area (Å²) in [5, 5.41) is 51.3. The molecule has 2 amide bonds. The van der Waals surface area contributed by atoms with E-state index in [1.807, 2.05) is 0 Å². The number of carbonyl (C=O) groups excluding carboxylic acids is 4. The number of fused-ring (bicyclic) bond motifs is 2. The number of carbonyl (C=O) groups is 7. The molecule has 290 valence electrons. The highest BCUT2D eigenvalue weighted by Crippen LogP contribution is 2.42. The lowest BCUT2D eigenvalue weighted by atomic mass is 10.0. The van der Waals surface area contributed by atoms with Crippen LogP contribution in [-0.2, 0) is 33.6 Å². The van der Waals surface area contributed by atoms with Crippen molar-refractivity contribution in [2.45, 2.75) is 36.4 Å².